The maximum absolute atomic E-state index is 12.7. The van der Waals surface area contributed by atoms with E-state index in [9.17, 15) is 27.2 Å². The van der Waals surface area contributed by atoms with E-state index in [4.69, 9.17) is 5.11 Å². The van der Waals surface area contributed by atoms with Gasteiger partial charge in [0.25, 0.3) is 5.91 Å². The summed E-state index contributed by atoms with van der Waals surface area (Å²) in [6.07, 6.45) is -2.83. The number of aromatic nitrogens is 1. The molecule has 1 amide bonds. The van der Waals surface area contributed by atoms with Crippen molar-refractivity contribution in [2.24, 2.45) is 5.92 Å². The molecule has 1 aromatic rings. The van der Waals surface area contributed by atoms with Crippen LogP contribution >= 0.6 is 0 Å². The van der Waals surface area contributed by atoms with E-state index in [1.54, 1.807) is 0 Å². The minimum atomic E-state index is -4.30. The molecule has 0 fully saturated rings. The van der Waals surface area contributed by atoms with Crippen LogP contribution in [0.3, 0.4) is 0 Å². The molecule has 10 heteroatoms. The average Bonchev–Trinajstić information content (AvgIpc) is 2.52. The van der Waals surface area contributed by atoms with Gasteiger partial charge < -0.3 is 14.7 Å². The van der Waals surface area contributed by atoms with Crippen LogP contribution in [-0.4, -0.2) is 59.4 Å². The van der Waals surface area contributed by atoms with Gasteiger partial charge in [-0.3, -0.25) is 9.59 Å². The molecule has 0 saturated heterocycles. The molecular formula is C14H16F4N2O4. The second kappa shape index (κ2) is 7.93. The van der Waals surface area contributed by atoms with Gasteiger partial charge in [0, 0.05) is 25.9 Å². The van der Waals surface area contributed by atoms with Crippen LogP contribution in [-0.2, 0) is 4.79 Å². The van der Waals surface area contributed by atoms with Crippen molar-refractivity contribution in [1.29, 1.82) is 0 Å². The number of carboxylic acids is 1. The van der Waals surface area contributed by atoms with E-state index in [1.807, 2.05) is 0 Å². The number of carbonyl (C=O) groups is 2. The molecule has 1 rings (SSSR count). The van der Waals surface area contributed by atoms with E-state index in [-0.39, 0.29) is 18.0 Å². The minimum Gasteiger partial charge on any atom is -0.481 e. The van der Waals surface area contributed by atoms with E-state index in [0.29, 0.717) is 0 Å². The predicted octanol–water partition coefficient (Wildman–Crippen LogP) is 2.15. The maximum atomic E-state index is 12.7. The first-order valence-corrected chi connectivity index (χ1v) is 6.77. The molecule has 1 unspecified atom stereocenters. The normalized spacial score (nSPS) is 12.8. The summed E-state index contributed by atoms with van der Waals surface area (Å²) in [6, 6.07) is 2.30. The first-order valence-electron chi connectivity index (χ1n) is 6.77. The number of aliphatic carboxylic acids is 1. The number of hydrogen-bond acceptors (Lipinski definition) is 4. The Kier molecular flexibility index (Phi) is 6.50. The van der Waals surface area contributed by atoms with Crippen molar-refractivity contribution in [3.8, 4) is 5.88 Å². The number of rotatable bonds is 8. The fraction of sp³-hybridized carbons (Fsp3) is 0.500. The molecule has 0 aliphatic heterocycles. The minimum absolute atomic E-state index is 0.0347. The molecule has 1 atom stereocenters. The number of carboxylic acid groups (broad SMARTS) is 1. The van der Waals surface area contributed by atoms with Crippen molar-refractivity contribution >= 4 is 11.9 Å². The molecule has 6 nitrogen and oxygen atoms in total. The van der Waals surface area contributed by atoms with Gasteiger partial charge in [-0.2, -0.15) is 8.78 Å². The number of hydrogen-bond donors (Lipinski definition) is 1. The number of amides is 1. The Bertz CT molecular complexity index is 581. The zero-order valence-corrected chi connectivity index (χ0v) is 12.9. The second-order valence-electron chi connectivity index (χ2n) is 5.16. The van der Waals surface area contributed by atoms with Gasteiger partial charge in [0.1, 0.15) is 0 Å². The van der Waals surface area contributed by atoms with E-state index >= 15 is 0 Å². The summed E-state index contributed by atoms with van der Waals surface area (Å²) in [5.41, 5.74) is 0.0723. The van der Waals surface area contributed by atoms with Crippen LogP contribution in [0, 0.1) is 5.92 Å². The molecule has 1 aromatic heterocycles. The standard InChI is InChI=1S/C14H16F4N2O4/c1-8(12(22)23)6-20(2)11(21)9-3-4-10(19-5-9)24-7-14(17,18)13(15)16/h3-5,8,13H,6-7H2,1-2H3,(H,22,23). The molecule has 0 radical (unpaired) electrons. The van der Waals surface area contributed by atoms with Crippen LogP contribution in [0.4, 0.5) is 17.6 Å². The number of alkyl halides is 4. The quantitative estimate of drug-likeness (QED) is 0.725. The Morgan fingerprint density at radius 3 is 2.46 bits per heavy atom. The number of nitrogens with zero attached hydrogens (tertiary/aromatic N) is 2. The van der Waals surface area contributed by atoms with Crippen LogP contribution in [0.5, 0.6) is 5.88 Å². The van der Waals surface area contributed by atoms with Crippen molar-refractivity contribution in [1.82, 2.24) is 9.88 Å². The summed E-state index contributed by atoms with van der Waals surface area (Å²) in [7, 11) is 1.40. The van der Waals surface area contributed by atoms with E-state index in [0.717, 1.165) is 12.3 Å². The zero-order chi connectivity index (χ0) is 18.5. The fourth-order valence-corrected chi connectivity index (χ4v) is 1.62. The van der Waals surface area contributed by atoms with Gasteiger partial charge in [0.2, 0.25) is 5.88 Å². The monoisotopic (exact) mass is 352 g/mol. The summed E-state index contributed by atoms with van der Waals surface area (Å²) in [4.78, 5) is 27.6. The molecule has 0 aliphatic carbocycles. The Labute approximate surface area is 135 Å². The number of ether oxygens (including phenoxy) is 1. The highest BCUT2D eigenvalue weighted by atomic mass is 19.3. The Morgan fingerprint density at radius 2 is 2.00 bits per heavy atom. The molecular weight excluding hydrogens is 336 g/mol. The summed E-state index contributed by atoms with van der Waals surface area (Å²) in [5.74, 6) is -7.00. The highest BCUT2D eigenvalue weighted by molar-refractivity contribution is 5.94. The molecule has 1 heterocycles. The average molecular weight is 352 g/mol. The smallest absolute Gasteiger partial charge is 0.340 e. The van der Waals surface area contributed by atoms with Gasteiger partial charge in [-0.25, -0.2) is 13.8 Å². The van der Waals surface area contributed by atoms with Gasteiger partial charge in [-0.05, 0) is 6.07 Å². The first-order chi connectivity index (χ1) is 11.0. The van der Waals surface area contributed by atoms with Crippen LogP contribution in [0.1, 0.15) is 17.3 Å². The Hall–Kier alpha value is -2.39. The maximum Gasteiger partial charge on any atom is 0.340 e. The summed E-state index contributed by atoms with van der Waals surface area (Å²) >= 11 is 0. The lowest BCUT2D eigenvalue weighted by molar-refractivity contribution is -0.148. The third-order valence-electron chi connectivity index (χ3n) is 3.03. The van der Waals surface area contributed by atoms with Crippen molar-refractivity contribution in [3.63, 3.8) is 0 Å². The van der Waals surface area contributed by atoms with Crippen molar-refractivity contribution < 1.29 is 37.0 Å². The zero-order valence-electron chi connectivity index (χ0n) is 12.9. The molecule has 134 valence electrons. The predicted molar refractivity (Wildman–Crippen MR) is 74.4 cm³/mol. The highest BCUT2D eigenvalue weighted by Crippen LogP contribution is 2.23. The van der Waals surface area contributed by atoms with Crippen molar-refractivity contribution in [2.45, 2.75) is 19.3 Å². The lowest BCUT2D eigenvalue weighted by Gasteiger charge is -2.19. The van der Waals surface area contributed by atoms with Crippen LogP contribution in [0.25, 0.3) is 0 Å². The topological polar surface area (TPSA) is 79.7 Å². The molecule has 0 aromatic carbocycles. The second-order valence-corrected chi connectivity index (χ2v) is 5.16. The van der Waals surface area contributed by atoms with Gasteiger partial charge in [-0.15, -0.1) is 0 Å². The lowest BCUT2D eigenvalue weighted by Crippen LogP contribution is -2.34. The van der Waals surface area contributed by atoms with Gasteiger partial charge in [-0.1, -0.05) is 6.92 Å². The molecule has 0 aliphatic rings. The third-order valence-corrected chi connectivity index (χ3v) is 3.03. The lowest BCUT2D eigenvalue weighted by atomic mass is 10.1. The largest absolute Gasteiger partial charge is 0.481 e. The van der Waals surface area contributed by atoms with E-state index in [2.05, 4.69) is 9.72 Å². The summed E-state index contributed by atoms with van der Waals surface area (Å²) < 4.78 is 53.9. The summed E-state index contributed by atoms with van der Waals surface area (Å²) in [5, 5.41) is 8.80. The molecule has 1 N–H and O–H groups in total. The molecule has 0 saturated carbocycles. The third kappa shape index (κ3) is 5.36. The molecule has 24 heavy (non-hydrogen) atoms. The van der Waals surface area contributed by atoms with E-state index in [1.165, 1.54) is 24.9 Å². The molecule has 0 spiro atoms. The number of carbonyl (C=O) groups excluding carboxylic acids is 1. The van der Waals surface area contributed by atoms with Gasteiger partial charge >= 0.3 is 18.3 Å². The number of halogens is 4. The van der Waals surface area contributed by atoms with Crippen LogP contribution in [0.15, 0.2) is 18.3 Å². The fourth-order valence-electron chi connectivity index (χ4n) is 1.62. The molecule has 0 bridgehead atoms. The Balaban J connectivity index is 2.67. The van der Waals surface area contributed by atoms with Crippen molar-refractivity contribution in [3.05, 3.63) is 23.9 Å². The SMILES string of the molecule is CC(CN(C)C(=O)c1ccc(OCC(F)(F)C(F)F)nc1)C(=O)O. The van der Waals surface area contributed by atoms with Gasteiger partial charge in [0.05, 0.1) is 11.5 Å². The number of pyridine rings is 1. The summed E-state index contributed by atoms with van der Waals surface area (Å²) in [6.45, 7) is -0.140. The van der Waals surface area contributed by atoms with Crippen molar-refractivity contribution in [2.75, 3.05) is 20.2 Å². The van der Waals surface area contributed by atoms with E-state index < -0.39 is 36.7 Å². The van der Waals surface area contributed by atoms with Crippen LogP contribution in [0.2, 0.25) is 0 Å². The highest BCUT2D eigenvalue weighted by Gasteiger charge is 2.41. The first kappa shape index (κ1) is 19.7. The Morgan fingerprint density at radius 1 is 1.38 bits per heavy atom. The van der Waals surface area contributed by atoms with Gasteiger partial charge in [0.15, 0.2) is 6.61 Å². The van der Waals surface area contributed by atoms with Crippen LogP contribution < -0.4 is 4.74 Å².